The molecule has 120 valence electrons. The smallest absolute Gasteiger partial charge is 0.102 e. The molecule has 0 fully saturated rings. The molecule has 0 unspecified atom stereocenters. The van der Waals surface area contributed by atoms with Crippen LogP contribution in [0.5, 0.6) is 0 Å². The summed E-state index contributed by atoms with van der Waals surface area (Å²) in [6.07, 6.45) is 0. The Morgan fingerprint density at radius 2 is 1.08 bits per heavy atom. The maximum absolute atomic E-state index is 9.58. The van der Waals surface area contributed by atoms with E-state index in [0.717, 1.165) is 0 Å². The molecule has 0 aliphatic rings. The van der Waals surface area contributed by atoms with Crippen molar-refractivity contribution < 1.29 is 0 Å². The Balaban J connectivity index is 2.43. The van der Waals surface area contributed by atoms with E-state index >= 15 is 0 Å². The molecular weight excluding hydrogens is 353 g/mol. The summed E-state index contributed by atoms with van der Waals surface area (Å²) in [7, 11) is 0. The van der Waals surface area contributed by atoms with Gasteiger partial charge in [-0.05, 0) is 18.2 Å². The number of nitrogens with two attached hydrogens (primary N) is 1. The molecule has 0 spiro atoms. The molecule has 0 aromatic heterocycles. The SMILES string of the molecule is N#Cc1c(-c2ccccc2Cl)cc(-c2ccccc2Cl)c(C#N)c1N. The summed E-state index contributed by atoms with van der Waals surface area (Å²) in [5.41, 5.74) is 9.20. The highest BCUT2D eigenvalue weighted by atomic mass is 35.5. The predicted octanol–water partition coefficient (Wildman–Crippen LogP) is 5.65. The van der Waals surface area contributed by atoms with Crippen LogP contribution in [0.3, 0.4) is 0 Å². The van der Waals surface area contributed by atoms with Gasteiger partial charge in [0.2, 0.25) is 0 Å². The van der Waals surface area contributed by atoms with E-state index in [1.807, 2.05) is 12.1 Å². The number of nitriles is 2. The van der Waals surface area contributed by atoms with Gasteiger partial charge in [0.05, 0.1) is 16.8 Å². The van der Waals surface area contributed by atoms with E-state index in [4.69, 9.17) is 28.9 Å². The first kappa shape index (κ1) is 16.9. The van der Waals surface area contributed by atoms with Crippen LogP contribution >= 0.6 is 23.2 Å². The molecule has 25 heavy (non-hydrogen) atoms. The lowest BCUT2D eigenvalue weighted by molar-refractivity contribution is 1.44. The monoisotopic (exact) mass is 363 g/mol. The van der Waals surface area contributed by atoms with Crippen molar-refractivity contribution in [2.45, 2.75) is 0 Å². The molecule has 0 radical (unpaired) electrons. The summed E-state index contributed by atoms with van der Waals surface area (Å²) in [4.78, 5) is 0. The Labute approximate surface area is 155 Å². The number of benzene rings is 3. The quantitative estimate of drug-likeness (QED) is 0.597. The molecule has 2 N–H and O–H groups in total. The highest BCUT2D eigenvalue weighted by molar-refractivity contribution is 6.34. The number of hydrogen-bond acceptors (Lipinski definition) is 3. The summed E-state index contributed by atoms with van der Waals surface area (Å²) in [6, 6.07) is 20.3. The fourth-order valence-electron chi connectivity index (χ4n) is 2.73. The first-order valence-corrected chi connectivity index (χ1v) is 8.10. The lowest BCUT2D eigenvalue weighted by Crippen LogP contribution is -2.01. The molecule has 3 rings (SSSR count). The average Bonchev–Trinajstić information content (AvgIpc) is 2.62. The maximum Gasteiger partial charge on any atom is 0.102 e. The van der Waals surface area contributed by atoms with E-state index in [2.05, 4.69) is 12.1 Å². The van der Waals surface area contributed by atoms with Gasteiger partial charge in [0, 0.05) is 32.3 Å². The first-order chi connectivity index (χ1) is 12.1. The molecule has 0 atom stereocenters. The van der Waals surface area contributed by atoms with E-state index in [-0.39, 0.29) is 16.8 Å². The minimum Gasteiger partial charge on any atom is -0.397 e. The van der Waals surface area contributed by atoms with E-state index in [1.54, 1.807) is 42.5 Å². The van der Waals surface area contributed by atoms with Crippen LogP contribution in [0.15, 0.2) is 54.6 Å². The van der Waals surface area contributed by atoms with Gasteiger partial charge in [-0.25, -0.2) is 0 Å². The molecular formula is C20H11Cl2N3. The van der Waals surface area contributed by atoms with Crippen LogP contribution < -0.4 is 5.73 Å². The fraction of sp³-hybridized carbons (Fsp3) is 0. The Morgan fingerprint density at radius 1 is 0.680 bits per heavy atom. The van der Waals surface area contributed by atoms with Crippen molar-refractivity contribution in [3.63, 3.8) is 0 Å². The van der Waals surface area contributed by atoms with Gasteiger partial charge in [0.25, 0.3) is 0 Å². The summed E-state index contributed by atoms with van der Waals surface area (Å²) >= 11 is 12.6. The third-order valence-electron chi connectivity index (χ3n) is 3.92. The third kappa shape index (κ3) is 2.92. The van der Waals surface area contributed by atoms with Crippen molar-refractivity contribution in [2.24, 2.45) is 0 Å². The molecule has 0 aliphatic heterocycles. The van der Waals surface area contributed by atoms with Gasteiger partial charge in [-0.3, -0.25) is 0 Å². The van der Waals surface area contributed by atoms with Crippen molar-refractivity contribution >= 4 is 28.9 Å². The van der Waals surface area contributed by atoms with Crippen LogP contribution in [0.4, 0.5) is 5.69 Å². The topological polar surface area (TPSA) is 73.6 Å². The van der Waals surface area contributed by atoms with Crippen molar-refractivity contribution in [1.82, 2.24) is 0 Å². The van der Waals surface area contributed by atoms with Crippen molar-refractivity contribution in [3.05, 3.63) is 75.8 Å². The van der Waals surface area contributed by atoms with Crippen molar-refractivity contribution in [3.8, 4) is 34.4 Å². The van der Waals surface area contributed by atoms with Crippen LogP contribution in [0.2, 0.25) is 10.0 Å². The second-order valence-electron chi connectivity index (χ2n) is 5.32. The van der Waals surface area contributed by atoms with Gasteiger partial charge in [-0.2, -0.15) is 10.5 Å². The molecule has 0 aliphatic carbocycles. The number of anilines is 1. The van der Waals surface area contributed by atoms with E-state index < -0.39 is 0 Å². The van der Waals surface area contributed by atoms with E-state index in [0.29, 0.717) is 32.3 Å². The first-order valence-electron chi connectivity index (χ1n) is 7.35. The zero-order valence-electron chi connectivity index (χ0n) is 12.9. The Morgan fingerprint density at radius 3 is 1.44 bits per heavy atom. The molecule has 0 amide bonds. The van der Waals surface area contributed by atoms with Crippen LogP contribution in [0, 0.1) is 22.7 Å². The number of halogens is 2. The minimum absolute atomic E-state index is 0.123. The summed E-state index contributed by atoms with van der Waals surface area (Å²) in [5, 5.41) is 20.1. The Bertz CT molecular complexity index is 978. The van der Waals surface area contributed by atoms with Gasteiger partial charge in [-0.15, -0.1) is 0 Å². The van der Waals surface area contributed by atoms with Gasteiger partial charge >= 0.3 is 0 Å². The molecule has 0 saturated carbocycles. The van der Waals surface area contributed by atoms with Crippen LogP contribution in [0.1, 0.15) is 11.1 Å². The van der Waals surface area contributed by atoms with Crippen LogP contribution in [-0.2, 0) is 0 Å². The maximum atomic E-state index is 9.58. The molecule has 0 saturated heterocycles. The number of nitrogen functional groups attached to an aromatic ring is 1. The normalized spacial score (nSPS) is 10.1. The van der Waals surface area contributed by atoms with Gasteiger partial charge in [-0.1, -0.05) is 59.6 Å². The van der Waals surface area contributed by atoms with Gasteiger partial charge < -0.3 is 5.73 Å². The molecule has 3 aromatic carbocycles. The number of nitrogens with zero attached hydrogens (tertiary/aromatic N) is 2. The molecule has 5 heteroatoms. The molecule has 0 bridgehead atoms. The molecule has 3 aromatic rings. The van der Waals surface area contributed by atoms with Gasteiger partial charge in [0.1, 0.15) is 12.1 Å². The molecule has 0 heterocycles. The van der Waals surface area contributed by atoms with Crippen LogP contribution in [-0.4, -0.2) is 0 Å². The number of hydrogen-bond donors (Lipinski definition) is 1. The highest BCUT2D eigenvalue weighted by Crippen LogP contribution is 2.40. The zero-order chi connectivity index (χ0) is 18.0. The summed E-state index contributed by atoms with van der Waals surface area (Å²) < 4.78 is 0. The third-order valence-corrected chi connectivity index (χ3v) is 4.58. The number of rotatable bonds is 2. The summed E-state index contributed by atoms with van der Waals surface area (Å²) in [6.45, 7) is 0. The Kier molecular flexibility index (Phi) is 4.63. The summed E-state index contributed by atoms with van der Waals surface area (Å²) in [5.74, 6) is 0. The lowest BCUT2D eigenvalue weighted by Gasteiger charge is -2.15. The van der Waals surface area contributed by atoms with E-state index in [9.17, 15) is 10.5 Å². The predicted molar refractivity (Wildman–Crippen MR) is 101 cm³/mol. The standard InChI is InChI=1S/C20H11Cl2N3/c21-18-7-3-1-5-12(18)14-9-15(13-6-2-4-8-19(13)22)17(11-24)20(25)16(14)10-23/h1-9H,25H2. The second kappa shape index (κ2) is 6.87. The molecule has 3 nitrogen and oxygen atoms in total. The lowest BCUT2D eigenvalue weighted by atomic mass is 9.89. The van der Waals surface area contributed by atoms with Crippen LogP contribution in [0.25, 0.3) is 22.3 Å². The Hall–Kier alpha value is -2.98. The largest absolute Gasteiger partial charge is 0.397 e. The zero-order valence-corrected chi connectivity index (χ0v) is 14.4. The minimum atomic E-state index is 0.123. The second-order valence-corrected chi connectivity index (χ2v) is 6.13. The van der Waals surface area contributed by atoms with Gasteiger partial charge in [0.15, 0.2) is 0 Å². The van der Waals surface area contributed by atoms with E-state index in [1.165, 1.54) is 0 Å². The average molecular weight is 364 g/mol. The van der Waals surface area contributed by atoms with Crippen molar-refractivity contribution in [2.75, 3.05) is 5.73 Å². The van der Waals surface area contributed by atoms with Crippen molar-refractivity contribution in [1.29, 1.82) is 10.5 Å². The fourth-order valence-corrected chi connectivity index (χ4v) is 3.20. The highest BCUT2D eigenvalue weighted by Gasteiger charge is 2.20.